The molecule has 0 saturated carbocycles. The Morgan fingerprint density at radius 2 is 2.00 bits per heavy atom. The van der Waals surface area contributed by atoms with E-state index < -0.39 is 0 Å². The van der Waals surface area contributed by atoms with E-state index in [-0.39, 0.29) is 11.3 Å². The van der Waals surface area contributed by atoms with Crippen LogP contribution >= 0.6 is 0 Å². The third kappa shape index (κ3) is 3.62. The van der Waals surface area contributed by atoms with E-state index >= 15 is 0 Å². The predicted octanol–water partition coefficient (Wildman–Crippen LogP) is 1.48. The Morgan fingerprint density at radius 3 is 2.57 bits per heavy atom. The number of nitrogens with one attached hydrogen (secondary N) is 1. The Morgan fingerprint density at radius 1 is 1.29 bits per heavy atom. The van der Waals surface area contributed by atoms with Crippen molar-refractivity contribution in [3.63, 3.8) is 0 Å². The van der Waals surface area contributed by atoms with Gasteiger partial charge in [-0.05, 0) is 6.92 Å². The summed E-state index contributed by atoms with van der Waals surface area (Å²) < 4.78 is 0. The molecule has 0 radical (unpaired) electrons. The van der Waals surface area contributed by atoms with E-state index in [1.807, 2.05) is 24.9 Å². The third-order valence-corrected chi connectivity index (χ3v) is 3.52. The van der Waals surface area contributed by atoms with Gasteiger partial charge in [0.2, 0.25) is 5.91 Å². The highest BCUT2D eigenvalue weighted by Gasteiger charge is 2.25. The minimum Gasteiger partial charge on any atom is -0.370 e. The molecular weight excluding hydrogens is 266 g/mol. The molecule has 0 aliphatic carbocycles. The summed E-state index contributed by atoms with van der Waals surface area (Å²) in [5.74, 6) is 2.57. The molecule has 0 bridgehead atoms. The number of likely N-dealkylation sites (N-methyl/N-ethyl adjacent to an activating group) is 1. The third-order valence-electron chi connectivity index (χ3n) is 3.52. The van der Waals surface area contributed by atoms with E-state index in [0.29, 0.717) is 6.54 Å². The first-order chi connectivity index (χ1) is 9.81. The summed E-state index contributed by atoms with van der Waals surface area (Å²) in [6.45, 7) is 11.0. The zero-order valence-electron chi connectivity index (χ0n) is 13.6. The highest BCUT2D eigenvalue weighted by molar-refractivity contribution is 5.82. The number of rotatable bonds is 3. The fourth-order valence-electron chi connectivity index (χ4n) is 2.16. The van der Waals surface area contributed by atoms with Gasteiger partial charge in [0.05, 0.1) is 6.54 Å². The van der Waals surface area contributed by atoms with Crippen molar-refractivity contribution < 1.29 is 4.79 Å². The summed E-state index contributed by atoms with van der Waals surface area (Å²) >= 11 is 0. The van der Waals surface area contributed by atoms with Crippen molar-refractivity contribution in [3.05, 3.63) is 11.9 Å². The second-order valence-corrected chi connectivity index (χ2v) is 6.45. The minimum atomic E-state index is -0.128. The number of aromatic nitrogens is 2. The topological polar surface area (TPSA) is 61.4 Å². The van der Waals surface area contributed by atoms with Crippen molar-refractivity contribution in [2.45, 2.75) is 33.1 Å². The summed E-state index contributed by atoms with van der Waals surface area (Å²) in [6, 6.07) is 1.93. The number of nitrogens with zero attached hydrogens (tertiary/aromatic N) is 4. The van der Waals surface area contributed by atoms with Crippen LogP contribution in [0.2, 0.25) is 0 Å². The van der Waals surface area contributed by atoms with Gasteiger partial charge in [0, 0.05) is 38.2 Å². The quantitative estimate of drug-likeness (QED) is 0.914. The molecule has 1 N–H and O–H groups in total. The highest BCUT2D eigenvalue weighted by atomic mass is 16.2. The predicted molar refractivity (Wildman–Crippen MR) is 84.7 cm³/mol. The molecule has 1 aliphatic rings. The zero-order valence-corrected chi connectivity index (χ0v) is 13.6. The molecule has 2 rings (SSSR count). The summed E-state index contributed by atoms with van der Waals surface area (Å²) in [6.07, 6.45) is 0. The molecule has 6 heteroatoms. The number of piperazine rings is 1. The molecule has 1 fully saturated rings. The molecule has 2 heterocycles. The van der Waals surface area contributed by atoms with E-state index in [0.717, 1.165) is 37.1 Å². The number of amides is 1. The standard InChI is InChI=1S/C15H25N5O/c1-6-16-11-9-12(18-14(17-11)15(2,3)4)20-8-7-19(5)13(21)10-20/h9H,6-8,10H2,1-5H3,(H,16,17,18). The van der Waals surface area contributed by atoms with Crippen LogP contribution in [0.1, 0.15) is 33.5 Å². The van der Waals surface area contributed by atoms with E-state index in [2.05, 4.69) is 36.1 Å². The molecule has 0 atom stereocenters. The van der Waals surface area contributed by atoms with E-state index in [9.17, 15) is 4.79 Å². The van der Waals surface area contributed by atoms with Crippen molar-refractivity contribution in [3.8, 4) is 0 Å². The van der Waals surface area contributed by atoms with Gasteiger partial charge in [0.1, 0.15) is 17.5 Å². The first-order valence-electron chi connectivity index (χ1n) is 7.43. The lowest BCUT2D eigenvalue weighted by molar-refractivity contribution is -0.129. The van der Waals surface area contributed by atoms with Crippen molar-refractivity contribution in [2.24, 2.45) is 0 Å². The smallest absolute Gasteiger partial charge is 0.241 e. The van der Waals surface area contributed by atoms with Crippen LogP contribution in [0.4, 0.5) is 11.6 Å². The highest BCUT2D eigenvalue weighted by Crippen LogP contribution is 2.24. The van der Waals surface area contributed by atoms with Crippen molar-refractivity contribution in [2.75, 3.05) is 43.4 Å². The van der Waals surface area contributed by atoms with Gasteiger partial charge in [-0.15, -0.1) is 0 Å². The van der Waals surface area contributed by atoms with Gasteiger partial charge >= 0.3 is 0 Å². The number of anilines is 2. The molecular formula is C15H25N5O. The summed E-state index contributed by atoms with van der Waals surface area (Å²) in [4.78, 5) is 24.9. The van der Waals surface area contributed by atoms with Crippen LogP contribution in [0.5, 0.6) is 0 Å². The van der Waals surface area contributed by atoms with Gasteiger partial charge in [-0.25, -0.2) is 9.97 Å². The molecule has 21 heavy (non-hydrogen) atoms. The van der Waals surface area contributed by atoms with Crippen LogP contribution in [-0.2, 0) is 10.2 Å². The maximum absolute atomic E-state index is 11.9. The molecule has 1 amide bonds. The molecule has 0 unspecified atom stereocenters. The fraction of sp³-hybridized carbons (Fsp3) is 0.667. The maximum atomic E-state index is 11.9. The van der Waals surface area contributed by atoms with Crippen molar-refractivity contribution >= 4 is 17.5 Å². The Hall–Kier alpha value is -1.85. The van der Waals surface area contributed by atoms with Crippen LogP contribution in [-0.4, -0.2) is 54.0 Å². The lowest BCUT2D eigenvalue weighted by Gasteiger charge is -2.33. The van der Waals surface area contributed by atoms with Crippen molar-refractivity contribution in [1.82, 2.24) is 14.9 Å². The van der Waals surface area contributed by atoms with Crippen LogP contribution in [0, 0.1) is 0 Å². The number of hydrogen-bond donors (Lipinski definition) is 1. The van der Waals surface area contributed by atoms with Crippen LogP contribution in [0.15, 0.2) is 6.07 Å². The molecule has 1 aromatic heterocycles. The van der Waals surface area contributed by atoms with Crippen molar-refractivity contribution in [1.29, 1.82) is 0 Å². The Kier molecular flexibility index (Phi) is 4.34. The molecule has 0 spiro atoms. The van der Waals surface area contributed by atoms with Gasteiger partial charge in [0.25, 0.3) is 0 Å². The van der Waals surface area contributed by atoms with Crippen LogP contribution in [0.25, 0.3) is 0 Å². The molecule has 116 valence electrons. The average molecular weight is 291 g/mol. The SMILES string of the molecule is CCNc1cc(N2CCN(C)C(=O)C2)nc(C(C)(C)C)n1. The molecule has 1 saturated heterocycles. The Balaban J connectivity index is 2.34. The van der Waals surface area contributed by atoms with E-state index in [4.69, 9.17) is 0 Å². The largest absolute Gasteiger partial charge is 0.370 e. The Bertz CT molecular complexity index is 523. The number of hydrogen-bond acceptors (Lipinski definition) is 5. The molecule has 1 aromatic rings. The molecule has 6 nitrogen and oxygen atoms in total. The van der Waals surface area contributed by atoms with Gasteiger partial charge < -0.3 is 15.1 Å². The van der Waals surface area contributed by atoms with Gasteiger partial charge in [-0.1, -0.05) is 20.8 Å². The fourth-order valence-corrected chi connectivity index (χ4v) is 2.16. The molecule has 0 aromatic carbocycles. The van der Waals surface area contributed by atoms with Crippen LogP contribution in [0.3, 0.4) is 0 Å². The average Bonchev–Trinajstić information content (AvgIpc) is 2.41. The van der Waals surface area contributed by atoms with E-state index in [1.54, 1.807) is 4.90 Å². The second-order valence-electron chi connectivity index (χ2n) is 6.45. The monoisotopic (exact) mass is 291 g/mol. The van der Waals surface area contributed by atoms with Crippen LogP contribution < -0.4 is 10.2 Å². The minimum absolute atomic E-state index is 0.127. The zero-order chi connectivity index (χ0) is 15.6. The summed E-state index contributed by atoms with van der Waals surface area (Å²) in [7, 11) is 1.84. The summed E-state index contributed by atoms with van der Waals surface area (Å²) in [5, 5.41) is 3.25. The first-order valence-corrected chi connectivity index (χ1v) is 7.43. The van der Waals surface area contributed by atoms with Gasteiger partial charge in [-0.2, -0.15) is 0 Å². The van der Waals surface area contributed by atoms with Gasteiger partial charge in [0.15, 0.2) is 0 Å². The lowest BCUT2D eigenvalue weighted by atomic mass is 9.96. The second kappa shape index (κ2) is 5.87. The number of carbonyl (C=O) groups excluding carboxylic acids is 1. The number of carbonyl (C=O) groups is 1. The maximum Gasteiger partial charge on any atom is 0.241 e. The molecule has 1 aliphatic heterocycles. The van der Waals surface area contributed by atoms with E-state index in [1.165, 1.54) is 0 Å². The first kappa shape index (κ1) is 15.5. The lowest BCUT2D eigenvalue weighted by Crippen LogP contribution is -2.49. The Labute approximate surface area is 126 Å². The summed E-state index contributed by atoms with van der Waals surface area (Å²) in [5.41, 5.74) is -0.128. The van der Waals surface area contributed by atoms with Gasteiger partial charge in [-0.3, -0.25) is 4.79 Å². The normalized spacial score (nSPS) is 16.3.